The summed E-state index contributed by atoms with van der Waals surface area (Å²) in [7, 11) is 3.24. The van der Waals surface area contributed by atoms with E-state index < -0.39 is 0 Å². The number of amides is 1. The SMILES string of the molecule is COc1cc(CCC(=O)NCc2ccc(C)cc2)cc(OC)c1. The van der Waals surface area contributed by atoms with Gasteiger partial charge in [0.15, 0.2) is 0 Å². The highest BCUT2D eigenvalue weighted by atomic mass is 16.5. The molecule has 0 bridgehead atoms. The zero-order valence-corrected chi connectivity index (χ0v) is 13.9. The van der Waals surface area contributed by atoms with Crippen LogP contribution in [0.5, 0.6) is 11.5 Å². The Morgan fingerprint density at radius 2 is 1.57 bits per heavy atom. The van der Waals surface area contributed by atoms with E-state index in [9.17, 15) is 4.79 Å². The summed E-state index contributed by atoms with van der Waals surface area (Å²) in [5, 5.41) is 2.94. The fraction of sp³-hybridized carbons (Fsp3) is 0.316. The van der Waals surface area contributed by atoms with Crippen LogP contribution in [0.3, 0.4) is 0 Å². The number of ether oxygens (including phenoxy) is 2. The molecule has 0 atom stereocenters. The largest absolute Gasteiger partial charge is 0.497 e. The lowest BCUT2D eigenvalue weighted by molar-refractivity contribution is -0.121. The molecule has 0 saturated carbocycles. The van der Waals surface area contributed by atoms with Crippen LogP contribution < -0.4 is 14.8 Å². The quantitative estimate of drug-likeness (QED) is 0.853. The number of hydrogen-bond donors (Lipinski definition) is 1. The third kappa shape index (κ3) is 5.33. The molecule has 0 aliphatic carbocycles. The zero-order valence-electron chi connectivity index (χ0n) is 13.9. The molecule has 0 spiro atoms. The predicted molar refractivity (Wildman–Crippen MR) is 90.9 cm³/mol. The van der Waals surface area contributed by atoms with Gasteiger partial charge in [-0.1, -0.05) is 29.8 Å². The van der Waals surface area contributed by atoms with Gasteiger partial charge in [0.2, 0.25) is 5.91 Å². The summed E-state index contributed by atoms with van der Waals surface area (Å²) in [5.74, 6) is 1.51. The topological polar surface area (TPSA) is 47.6 Å². The number of hydrogen-bond acceptors (Lipinski definition) is 3. The Kier molecular flexibility index (Phi) is 6.03. The Balaban J connectivity index is 1.85. The number of carbonyl (C=O) groups excluding carboxylic acids is 1. The van der Waals surface area contributed by atoms with Crippen molar-refractivity contribution in [3.63, 3.8) is 0 Å². The van der Waals surface area contributed by atoms with Crippen LogP contribution in [0.25, 0.3) is 0 Å². The van der Waals surface area contributed by atoms with Gasteiger partial charge in [-0.2, -0.15) is 0 Å². The first-order chi connectivity index (χ1) is 11.1. The maximum atomic E-state index is 12.0. The molecule has 4 nitrogen and oxygen atoms in total. The fourth-order valence-corrected chi connectivity index (χ4v) is 2.26. The van der Waals surface area contributed by atoms with Crippen LogP contribution in [0, 0.1) is 6.92 Å². The van der Waals surface area contributed by atoms with Gasteiger partial charge in [-0.25, -0.2) is 0 Å². The number of rotatable bonds is 7. The number of carbonyl (C=O) groups is 1. The van der Waals surface area contributed by atoms with E-state index >= 15 is 0 Å². The lowest BCUT2D eigenvalue weighted by atomic mass is 10.1. The zero-order chi connectivity index (χ0) is 16.7. The van der Waals surface area contributed by atoms with Crippen molar-refractivity contribution < 1.29 is 14.3 Å². The lowest BCUT2D eigenvalue weighted by Gasteiger charge is -2.09. The number of benzene rings is 2. The summed E-state index contributed by atoms with van der Waals surface area (Å²) >= 11 is 0. The molecule has 0 fully saturated rings. The van der Waals surface area contributed by atoms with Crippen molar-refractivity contribution in [3.8, 4) is 11.5 Å². The molecule has 1 amide bonds. The van der Waals surface area contributed by atoms with Crippen LogP contribution in [0.1, 0.15) is 23.1 Å². The molecule has 2 rings (SSSR count). The predicted octanol–water partition coefficient (Wildman–Crippen LogP) is 3.26. The highest BCUT2D eigenvalue weighted by Gasteiger charge is 2.06. The van der Waals surface area contributed by atoms with E-state index in [-0.39, 0.29) is 5.91 Å². The van der Waals surface area contributed by atoms with Crippen molar-refractivity contribution in [1.29, 1.82) is 0 Å². The van der Waals surface area contributed by atoms with Gasteiger partial charge in [-0.3, -0.25) is 4.79 Å². The number of nitrogens with one attached hydrogen (secondary N) is 1. The average Bonchev–Trinajstić information content (AvgIpc) is 2.59. The summed E-state index contributed by atoms with van der Waals surface area (Å²) in [6, 6.07) is 13.8. The number of aryl methyl sites for hydroxylation is 2. The van der Waals surface area contributed by atoms with Gasteiger partial charge < -0.3 is 14.8 Å². The van der Waals surface area contributed by atoms with E-state index in [1.807, 2.05) is 49.4 Å². The Bertz CT molecular complexity index is 628. The Morgan fingerprint density at radius 1 is 0.957 bits per heavy atom. The molecule has 0 aliphatic rings. The van der Waals surface area contributed by atoms with Crippen LogP contribution in [0.2, 0.25) is 0 Å². The van der Waals surface area contributed by atoms with Crippen LogP contribution in [0.15, 0.2) is 42.5 Å². The third-order valence-electron chi connectivity index (χ3n) is 3.66. The van der Waals surface area contributed by atoms with Crippen molar-refractivity contribution in [2.24, 2.45) is 0 Å². The van der Waals surface area contributed by atoms with Gasteiger partial charge in [0.1, 0.15) is 11.5 Å². The lowest BCUT2D eigenvalue weighted by Crippen LogP contribution is -2.22. The molecule has 0 aliphatic heterocycles. The Morgan fingerprint density at radius 3 is 2.13 bits per heavy atom. The van der Waals surface area contributed by atoms with Crippen LogP contribution in [-0.4, -0.2) is 20.1 Å². The summed E-state index contributed by atoms with van der Waals surface area (Å²) < 4.78 is 10.5. The molecular weight excluding hydrogens is 290 g/mol. The molecule has 0 saturated heterocycles. The molecule has 1 N–H and O–H groups in total. The summed E-state index contributed by atoms with van der Waals surface area (Å²) in [5.41, 5.74) is 3.34. The second-order valence-electron chi connectivity index (χ2n) is 5.48. The van der Waals surface area contributed by atoms with Crippen LogP contribution >= 0.6 is 0 Å². The van der Waals surface area contributed by atoms with Crippen molar-refractivity contribution in [1.82, 2.24) is 5.32 Å². The smallest absolute Gasteiger partial charge is 0.220 e. The normalized spacial score (nSPS) is 10.2. The minimum absolute atomic E-state index is 0.0346. The minimum Gasteiger partial charge on any atom is -0.497 e. The fourth-order valence-electron chi connectivity index (χ4n) is 2.26. The van der Waals surface area contributed by atoms with Crippen molar-refractivity contribution >= 4 is 5.91 Å². The first kappa shape index (κ1) is 16.9. The molecule has 23 heavy (non-hydrogen) atoms. The highest BCUT2D eigenvalue weighted by Crippen LogP contribution is 2.23. The molecule has 4 heteroatoms. The number of methoxy groups -OCH3 is 2. The van der Waals surface area contributed by atoms with E-state index in [0.717, 1.165) is 22.6 Å². The van der Waals surface area contributed by atoms with Crippen LogP contribution in [-0.2, 0) is 17.8 Å². The molecule has 122 valence electrons. The molecule has 0 radical (unpaired) electrons. The van der Waals surface area contributed by atoms with Gasteiger partial charge in [0, 0.05) is 19.0 Å². The second kappa shape index (κ2) is 8.22. The maximum Gasteiger partial charge on any atom is 0.220 e. The summed E-state index contributed by atoms with van der Waals surface area (Å²) in [6.45, 7) is 2.60. The van der Waals surface area contributed by atoms with E-state index in [4.69, 9.17) is 9.47 Å². The monoisotopic (exact) mass is 313 g/mol. The van der Waals surface area contributed by atoms with E-state index in [1.54, 1.807) is 14.2 Å². The molecule has 2 aromatic carbocycles. The second-order valence-corrected chi connectivity index (χ2v) is 5.48. The molecule has 0 aromatic heterocycles. The van der Waals surface area contributed by atoms with Gasteiger partial charge in [-0.15, -0.1) is 0 Å². The Labute approximate surface area is 137 Å². The minimum atomic E-state index is 0.0346. The highest BCUT2D eigenvalue weighted by molar-refractivity contribution is 5.76. The molecule has 2 aromatic rings. The van der Waals surface area contributed by atoms with Gasteiger partial charge in [-0.05, 0) is 36.6 Å². The Hall–Kier alpha value is -2.49. The van der Waals surface area contributed by atoms with E-state index in [0.29, 0.717) is 19.4 Å². The maximum absolute atomic E-state index is 12.0. The first-order valence-corrected chi connectivity index (χ1v) is 7.65. The molecular formula is C19H23NO3. The van der Waals surface area contributed by atoms with Crippen molar-refractivity contribution in [3.05, 3.63) is 59.2 Å². The third-order valence-corrected chi connectivity index (χ3v) is 3.66. The van der Waals surface area contributed by atoms with Gasteiger partial charge in [0.05, 0.1) is 14.2 Å². The van der Waals surface area contributed by atoms with E-state index in [2.05, 4.69) is 5.32 Å². The van der Waals surface area contributed by atoms with Gasteiger partial charge >= 0.3 is 0 Å². The molecule has 0 heterocycles. The standard InChI is InChI=1S/C19H23NO3/c1-14-4-6-15(7-5-14)13-20-19(21)9-8-16-10-17(22-2)12-18(11-16)23-3/h4-7,10-12H,8-9,13H2,1-3H3,(H,20,21). The van der Waals surface area contributed by atoms with Crippen LogP contribution in [0.4, 0.5) is 0 Å². The molecule has 0 unspecified atom stereocenters. The van der Waals surface area contributed by atoms with Crippen molar-refractivity contribution in [2.75, 3.05) is 14.2 Å². The summed E-state index contributed by atoms with van der Waals surface area (Å²) in [4.78, 5) is 12.0. The van der Waals surface area contributed by atoms with E-state index in [1.165, 1.54) is 5.56 Å². The average molecular weight is 313 g/mol. The first-order valence-electron chi connectivity index (χ1n) is 7.65. The van der Waals surface area contributed by atoms with Gasteiger partial charge in [0.25, 0.3) is 0 Å². The summed E-state index contributed by atoms with van der Waals surface area (Å²) in [6.07, 6.45) is 1.08. The van der Waals surface area contributed by atoms with Crippen molar-refractivity contribution in [2.45, 2.75) is 26.3 Å².